The number of hydrogen-bond donors (Lipinski definition) is 2. The minimum atomic E-state index is -3.18. The van der Waals surface area contributed by atoms with Crippen molar-refractivity contribution in [3.8, 4) is 5.75 Å². The minimum Gasteiger partial charge on any atom is -0.432 e. The number of ether oxygens (including phenoxy) is 1. The Balaban J connectivity index is 1.96. The summed E-state index contributed by atoms with van der Waals surface area (Å²) in [5, 5.41) is 4.93. The fourth-order valence-electron chi connectivity index (χ4n) is 3.14. The second-order valence-electron chi connectivity index (χ2n) is 6.46. The Morgan fingerprint density at radius 1 is 1.21 bits per heavy atom. The van der Waals surface area contributed by atoms with Crippen LogP contribution in [0.1, 0.15) is 24.1 Å². The quantitative estimate of drug-likeness (QED) is 0.776. The Bertz CT molecular complexity index is 921. The molecule has 0 aromatic heterocycles. The number of anilines is 1. The predicted octanol–water partition coefficient (Wildman–Crippen LogP) is 2.45. The molecule has 1 aliphatic rings. The van der Waals surface area contributed by atoms with Crippen LogP contribution in [-0.4, -0.2) is 35.8 Å². The predicted molar refractivity (Wildman–Crippen MR) is 100 cm³/mol. The standard InChI is InChI=1S/C20H19F2N3O4/c1-12(26)23-15-9-5-8-14(18(15)29-20(21)22)17-19(28)25(11-16(27)24-17)10-13-6-3-2-4-7-13/h2-9,17,20H,10-11H2,1H3,(H,23,26)(H,24,27)/t17-/m1/s1. The number of hydrogen-bond acceptors (Lipinski definition) is 4. The van der Waals surface area contributed by atoms with Crippen LogP contribution in [0.15, 0.2) is 48.5 Å². The van der Waals surface area contributed by atoms with E-state index in [2.05, 4.69) is 15.4 Å². The highest BCUT2D eigenvalue weighted by molar-refractivity contribution is 5.97. The largest absolute Gasteiger partial charge is 0.432 e. The molecule has 0 aliphatic carbocycles. The summed E-state index contributed by atoms with van der Waals surface area (Å²) in [6.45, 7) is -1.92. The highest BCUT2D eigenvalue weighted by Gasteiger charge is 2.36. The van der Waals surface area contributed by atoms with E-state index in [9.17, 15) is 23.2 Å². The van der Waals surface area contributed by atoms with Gasteiger partial charge in [0.15, 0.2) is 5.75 Å². The first-order valence-corrected chi connectivity index (χ1v) is 8.82. The van der Waals surface area contributed by atoms with Crippen molar-refractivity contribution in [1.29, 1.82) is 0 Å². The zero-order valence-electron chi connectivity index (χ0n) is 15.5. The minimum absolute atomic E-state index is 0.0162. The molecule has 2 aromatic carbocycles. The van der Waals surface area contributed by atoms with Crippen LogP contribution in [0.5, 0.6) is 5.75 Å². The second kappa shape index (κ2) is 8.68. The number of alkyl halides is 2. The number of para-hydroxylation sites is 1. The van der Waals surface area contributed by atoms with Crippen LogP contribution in [0.25, 0.3) is 0 Å². The van der Waals surface area contributed by atoms with Crippen molar-refractivity contribution < 1.29 is 27.9 Å². The molecule has 1 heterocycles. The molecule has 0 unspecified atom stereocenters. The summed E-state index contributed by atoms with van der Waals surface area (Å²) in [5.41, 5.74) is 0.843. The van der Waals surface area contributed by atoms with E-state index in [4.69, 9.17) is 0 Å². The lowest BCUT2D eigenvalue weighted by molar-refractivity contribution is -0.145. The molecule has 1 fully saturated rings. The third-order valence-corrected chi connectivity index (χ3v) is 4.29. The van der Waals surface area contributed by atoms with Crippen LogP contribution < -0.4 is 15.4 Å². The van der Waals surface area contributed by atoms with E-state index in [1.54, 1.807) is 0 Å². The number of piperazine rings is 1. The summed E-state index contributed by atoms with van der Waals surface area (Å²) in [6, 6.07) is 12.1. The molecule has 152 valence electrons. The average Bonchev–Trinajstić information content (AvgIpc) is 2.66. The van der Waals surface area contributed by atoms with Crippen LogP contribution >= 0.6 is 0 Å². The first-order chi connectivity index (χ1) is 13.8. The Kier molecular flexibility index (Phi) is 6.06. The van der Waals surface area contributed by atoms with Gasteiger partial charge in [-0.05, 0) is 11.6 Å². The highest BCUT2D eigenvalue weighted by atomic mass is 19.3. The fourth-order valence-corrected chi connectivity index (χ4v) is 3.14. The van der Waals surface area contributed by atoms with Crippen molar-refractivity contribution in [2.45, 2.75) is 26.1 Å². The molecular formula is C20H19F2N3O4. The number of amides is 3. The Morgan fingerprint density at radius 2 is 1.93 bits per heavy atom. The topological polar surface area (TPSA) is 87.7 Å². The molecule has 7 nitrogen and oxygen atoms in total. The van der Waals surface area contributed by atoms with E-state index in [0.717, 1.165) is 5.56 Å². The normalized spacial score (nSPS) is 16.6. The summed E-state index contributed by atoms with van der Waals surface area (Å²) < 4.78 is 30.6. The SMILES string of the molecule is CC(=O)Nc1cccc([C@H]2NC(=O)CN(Cc3ccccc3)C2=O)c1OC(F)F. The third-order valence-electron chi connectivity index (χ3n) is 4.29. The average molecular weight is 403 g/mol. The number of nitrogens with zero attached hydrogens (tertiary/aromatic N) is 1. The van der Waals surface area contributed by atoms with Gasteiger partial charge in [-0.15, -0.1) is 0 Å². The second-order valence-corrected chi connectivity index (χ2v) is 6.46. The van der Waals surface area contributed by atoms with Gasteiger partial charge in [-0.1, -0.05) is 42.5 Å². The van der Waals surface area contributed by atoms with Gasteiger partial charge in [-0.2, -0.15) is 8.78 Å². The van der Waals surface area contributed by atoms with Crippen molar-refractivity contribution in [3.63, 3.8) is 0 Å². The maximum atomic E-state index is 13.0. The van der Waals surface area contributed by atoms with Gasteiger partial charge in [0, 0.05) is 19.0 Å². The fraction of sp³-hybridized carbons (Fsp3) is 0.250. The maximum absolute atomic E-state index is 13.0. The summed E-state index contributed by atoms with van der Waals surface area (Å²) in [6.07, 6.45) is 0. The van der Waals surface area contributed by atoms with Crippen molar-refractivity contribution in [2.24, 2.45) is 0 Å². The van der Waals surface area contributed by atoms with Crippen molar-refractivity contribution in [2.75, 3.05) is 11.9 Å². The molecule has 3 amide bonds. The lowest BCUT2D eigenvalue weighted by Gasteiger charge is -2.33. The molecular weight excluding hydrogens is 384 g/mol. The van der Waals surface area contributed by atoms with Gasteiger partial charge in [-0.3, -0.25) is 14.4 Å². The molecule has 0 saturated carbocycles. The van der Waals surface area contributed by atoms with Gasteiger partial charge < -0.3 is 20.3 Å². The van der Waals surface area contributed by atoms with Crippen LogP contribution in [0, 0.1) is 0 Å². The summed E-state index contributed by atoms with van der Waals surface area (Å²) in [5.74, 6) is -1.75. The van der Waals surface area contributed by atoms with Crippen LogP contribution in [0.3, 0.4) is 0 Å². The summed E-state index contributed by atoms with van der Waals surface area (Å²) in [4.78, 5) is 38.0. The Hall–Kier alpha value is -3.49. The number of halogens is 2. The van der Waals surface area contributed by atoms with E-state index in [1.165, 1.54) is 30.0 Å². The van der Waals surface area contributed by atoms with Crippen molar-refractivity contribution in [3.05, 3.63) is 59.7 Å². The van der Waals surface area contributed by atoms with Crippen LogP contribution in [0.4, 0.5) is 14.5 Å². The van der Waals surface area contributed by atoms with E-state index < -0.39 is 30.4 Å². The lowest BCUT2D eigenvalue weighted by Crippen LogP contribution is -2.53. The van der Waals surface area contributed by atoms with Gasteiger partial charge in [0.05, 0.1) is 12.2 Å². The summed E-state index contributed by atoms with van der Waals surface area (Å²) in [7, 11) is 0. The number of carbonyl (C=O) groups is 3. The molecule has 1 aliphatic heterocycles. The summed E-state index contributed by atoms with van der Waals surface area (Å²) >= 11 is 0. The van der Waals surface area contributed by atoms with E-state index in [0.29, 0.717) is 0 Å². The van der Waals surface area contributed by atoms with Crippen molar-refractivity contribution in [1.82, 2.24) is 10.2 Å². The first-order valence-electron chi connectivity index (χ1n) is 8.82. The number of rotatable bonds is 6. The molecule has 0 radical (unpaired) electrons. The van der Waals surface area contributed by atoms with E-state index >= 15 is 0 Å². The third kappa shape index (κ3) is 4.87. The molecule has 29 heavy (non-hydrogen) atoms. The molecule has 0 bridgehead atoms. The van der Waals surface area contributed by atoms with Gasteiger partial charge in [0.2, 0.25) is 11.8 Å². The maximum Gasteiger partial charge on any atom is 0.387 e. The van der Waals surface area contributed by atoms with Crippen LogP contribution in [0.2, 0.25) is 0 Å². The monoisotopic (exact) mass is 403 g/mol. The van der Waals surface area contributed by atoms with Gasteiger partial charge in [-0.25, -0.2) is 0 Å². The highest BCUT2D eigenvalue weighted by Crippen LogP contribution is 2.36. The number of carbonyl (C=O) groups excluding carboxylic acids is 3. The van der Waals surface area contributed by atoms with Crippen LogP contribution in [-0.2, 0) is 20.9 Å². The molecule has 1 saturated heterocycles. The smallest absolute Gasteiger partial charge is 0.387 e. The van der Waals surface area contributed by atoms with Gasteiger partial charge in [0.1, 0.15) is 6.04 Å². The van der Waals surface area contributed by atoms with Gasteiger partial charge >= 0.3 is 6.61 Å². The first kappa shape index (κ1) is 20.2. The van der Waals surface area contributed by atoms with Crippen molar-refractivity contribution >= 4 is 23.4 Å². The zero-order chi connectivity index (χ0) is 21.0. The number of nitrogens with one attached hydrogen (secondary N) is 2. The molecule has 9 heteroatoms. The molecule has 2 N–H and O–H groups in total. The van der Waals surface area contributed by atoms with E-state index in [-0.39, 0.29) is 30.1 Å². The Labute approximate surface area is 165 Å². The lowest BCUT2D eigenvalue weighted by atomic mass is 10.0. The molecule has 0 spiro atoms. The van der Waals surface area contributed by atoms with Gasteiger partial charge in [0.25, 0.3) is 5.91 Å². The molecule has 3 rings (SSSR count). The molecule has 2 aromatic rings. The zero-order valence-corrected chi connectivity index (χ0v) is 15.5. The Morgan fingerprint density at radius 3 is 2.59 bits per heavy atom. The molecule has 1 atom stereocenters. The van der Waals surface area contributed by atoms with E-state index in [1.807, 2.05) is 30.3 Å². The number of benzene rings is 2.